The van der Waals surface area contributed by atoms with Crippen LogP contribution in [0.2, 0.25) is 0 Å². The maximum atomic E-state index is 13.3. The van der Waals surface area contributed by atoms with Gasteiger partial charge in [-0.2, -0.15) is 4.31 Å². The lowest BCUT2D eigenvalue weighted by Gasteiger charge is -2.40. The van der Waals surface area contributed by atoms with E-state index in [-0.39, 0.29) is 4.90 Å². The lowest BCUT2D eigenvalue weighted by molar-refractivity contribution is 0.111. The zero-order valence-corrected chi connectivity index (χ0v) is 13.6. The van der Waals surface area contributed by atoms with Crippen molar-refractivity contribution < 1.29 is 12.8 Å². The number of piperazine rings is 1. The van der Waals surface area contributed by atoms with Gasteiger partial charge in [0, 0.05) is 32.2 Å². The lowest BCUT2D eigenvalue weighted by Crippen LogP contribution is -2.52. The molecular weight excluding hydrogens is 303 g/mol. The summed E-state index contributed by atoms with van der Waals surface area (Å²) in [4.78, 5) is 2.48. The SMILES string of the molecule is O=S(=O)(c1cccc(F)c1)N1CCN(C2CCCCC2)CC1. The Kier molecular flexibility index (Phi) is 4.80. The van der Waals surface area contributed by atoms with Gasteiger partial charge in [0.1, 0.15) is 5.82 Å². The van der Waals surface area contributed by atoms with Crippen molar-refractivity contribution >= 4 is 10.0 Å². The summed E-state index contributed by atoms with van der Waals surface area (Å²) >= 11 is 0. The molecule has 2 fully saturated rings. The molecule has 122 valence electrons. The van der Waals surface area contributed by atoms with Crippen molar-refractivity contribution in [2.45, 2.75) is 43.0 Å². The number of halogens is 1. The Bertz CT molecular complexity index is 606. The second kappa shape index (κ2) is 6.64. The minimum atomic E-state index is -3.57. The molecule has 1 saturated heterocycles. The third-order valence-electron chi connectivity index (χ3n) is 4.80. The molecule has 1 heterocycles. The van der Waals surface area contributed by atoms with Gasteiger partial charge in [0.25, 0.3) is 0 Å². The van der Waals surface area contributed by atoms with Gasteiger partial charge in [-0.05, 0) is 31.0 Å². The van der Waals surface area contributed by atoms with Crippen LogP contribution in [0.4, 0.5) is 4.39 Å². The maximum absolute atomic E-state index is 13.3. The van der Waals surface area contributed by atoms with E-state index in [9.17, 15) is 12.8 Å². The average molecular weight is 326 g/mol. The summed E-state index contributed by atoms with van der Waals surface area (Å²) < 4.78 is 39.9. The second-order valence-corrected chi connectivity index (χ2v) is 8.13. The van der Waals surface area contributed by atoms with Crippen molar-refractivity contribution in [3.8, 4) is 0 Å². The number of rotatable bonds is 3. The van der Waals surface area contributed by atoms with Crippen LogP contribution in [0.3, 0.4) is 0 Å². The van der Waals surface area contributed by atoms with Gasteiger partial charge in [0.15, 0.2) is 0 Å². The fourth-order valence-electron chi connectivity index (χ4n) is 3.53. The molecule has 0 atom stereocenters. The molecule has 3 rings (SSSR count). The van der Waals surface area contributed by atoms with E-state index in [1.54, 1.807) is 0 Å². The van der Waals surface area contributed by atoms with Gasteiger partial charge in [0.05, 0.1) is 4.90 Å². The molecule has 6 heteroatoms. The third-order valence-corrected chi connectivity index (χ3v) is 6.69. The highest BCUT2D eigenvalue weighted by atomic mass is 32.2. The predicted octanol–water partition coefficient (Wildman–Crippen LogP) is 2.46. The zero-order valence-electron chi connectivity index (χ0n) is 12.7. The summed E-state index contributed by atoms with van der Waals surface area (Å²) in [6, 6.07) is 5.89. The van der Waals surface area contributed by atoms with Crippen LogP contribution in [0.1, 0.15) is 32.1 Å². The highest BCUT2D eigenvalue weighted by Crippen LogP contribution is 2.25. The third kappa shape index (κ3) is 3.34. The van der Waals surface area contributed by atoms with Gasteiger partial charge < -0.3 is 0 Å². The molecule has 1 aliphatic heterocycles. The molecule has 1 saturated carbocycles. The van der Waals surface area contributed by atoms with Crippen LogP contribution in [0.5, 0.6) is 0 Å². The maximum Gasteiger partial charge on any atom is 0.243 e. The lowest BCUT2D eigenvalue weighted by atomic mass is 9.94. The second-order valence-electron chi connectivity index (χ2n) is 6.19. The molecule has 0 bridgehead atoms. The van der Waals surface area contributed by atoms with Crippen LogP contribution in [0, 0.1) is 5.82 Å². The molecular formula is C16H23FN2O2S. The van der Waals surface area contributed by atoms with Crippen LogP contribution < -0.4 is 0 Å². The van der Waals surface area contributed by atoms with Crippen molar-refractivity contribution in [3.05, 3.63) is 30.1 Å². The average Bonchev–Trinajstić information content (AvgIpc) is 2.56. The van der Waals surface area contributed by atoms with Gasteiger partial charge in [0.2, 0.25) is 10.0 Å². The zero-order chi connectivity index (χ0) is 15.6. The van der Waals surface area contributed by atoms with Crippen LogP contribution >= 0.6 is 0 Å². The van der Waals surface area contributed by atoms with E-state index >= 15 is 0 Å². The Morgan fingerprint density at radius 2 is 1.68 bits per heavy atom. The van der Waals surface area contributed by atoms with Crippen molar-refractivity contribution in [3.63, 3.8) is 0 Å². The van der Waals surface area contributed by atoms with Crippen molar-refractivity contribution in [1.82, 2.24) is 9.21 Å². The fraction of sp³-hybridized carbons (Fsp3) is 0.625. The minimum absolute atomic E-state index is 0.0543. The van der Waals surface area contributed by atoms with Crippen LogP contribution in [0.25, 0.3) is 0 Å². The van der Waals surface area contributed by atoms with E-state index in [1.165, 1.54) is 54.6 Å². The normalized spacial score (nSPS) is 22.8. The first kappa shape index (κ1) is 15.9. The number of hydrogen-bond acceptors (Lipinski definition) is 3. The largest absolute Gasteiger partial charge is 0.298 e. The Morgan fingerprint density at radius 1 is 1.00 bits per heavy atom. The van der Waals surface area contributed by atoms with E-state index in [1.807, 2.05) is 0 Å². The first-order valence-corrected chi connectivity index (χ1v) is 9.51. The molecule has 1 aliphatic carbocycles. The van der Waals surface area contributed by atoms with Crippen molar-refractivity contribution in [2.24, 2.45) is 0 Å². The summed E-state index contributed by atoms with van der Waals surface area (Å²) in [5.74, 6) is -0.512. The number of hydrogen-bond donors (Lipinski definition) is 0. The number of benzene rings is 1. The van der Waals surface area contributed by atoms with Gasteiger partial charge in [-0.3, -0.25) is 4.90 Å². The van der Waals surface area contributed by atoms with E-state index in [0.29, 0.717) is 19.1 Å². The van der Waals surface area contributed by atoms with E-state index < -0.39 is 15.8 Å². The molecule has 2 aliphatic rings. The summed E-state index contributed by atoms with van der Waals surface area (Å²) in [5.41, 5.74) is 0. The molecule has 0 unspecified atom stereocenters. The van der Waals surface area contributed by atoms with E-state index in [0.717, 1.165) is 19.2 Å². The van der Waals surface area contributed by atoms with Gasteiger partial charge in [-0.1, -0.05) is 25.3 Å². The number of sulfonamides is 1. The van der Waals surface area contributed by atoms with Crippen LogP contribution in [-0.2, 0) is 10.0 Å². The Labute approximate surface area is 132 Å². The Morgan fingerprint density at radius 3 is 2.32 bits per heavy atom. The summed E-state index contributed by atoms with van der Waals surface area (Å²) in [7, 11) is -3.57. The van der Waals surface area contributed by atoms with E-state index in [2.05, 4.69) is 4.90 Å². The Balaban J connectivity index is 1.65. The topological polar surface area (TPSA) is 40.6 Å². The molecule has 22 heavy (non-hydrogen) atoms. The summed E-state index contributed by atoms with van der Waals surface area (Å²) in [5, 5.41) is 0. The van der Waals surface area contributed by atoms with Gasteiger partial charge >= 0.3 is 0 Å². The summed E-state index contributed by atoms with van der Waals surface area (Å²) in [6.07, 6.45) is 6.36. The first-order chi connectivity index (χ1) is 10.6. The molecule has 0 N–H and O–H groups in total. The molecule has 1 aromatic rings. The molecule has 0 amide bonds. The van der Waals surface area contributed by atoms with Gasteiger partial charge in [-0.15, -0.1) is 0 Å². The molecule has 4 nitrogen and oxygen atoms in total. The fourth-order valence-corrected chi connectivity index (χ4v) is 4.99. The van der Waals surface area contributed by atoms with E-state index in [4.69, 9.17) is 0 Å². The highest BCUT2D eigenvalue weighted by Gasteiger charge is 2.31. The summed E-state index contributed by atoms with van der Waals surface area (Å²) in [6.45, 7) is 2.54. The van der Waals surface area contributed by atoms with Crippen LogP contribution in [0.15, 0.2) is 29.2 Å². The quantitative estimate of drug-likeness (QED) is 0.857. The first-order valence-electron chi connectivity index (χ1n) is 8.07. The molecule has 1 aromatic carbocycles. The smallest absolute Gasteiger partial charge is 0.243 e. The standard InChI is InChI=1S/C16H23FN2O2S/c17-14-5-4-8-16(13-14)22(20,21)19-11-9-18(10-12-19)15-6-2-1-3-7-15/h4-5,8,13,15H,1-3,6-7,9-12H2. The van der Waals surface area contributed by atoms with Crippen LogP contribution in [-0.4, -0.2) is 49.8 Å². The van der Waals surface area contributed by atoms with Crippen molar-refractivity contribution in [1.29, 1.82) is 0 Å². The highest BCUT2D eigenvalue weighted by molar-refractivity contribution is 7.89. The van der Waals surface area contributed by atoms with Crippen molar-refractivity contribution in [2.75, 3.05) is 26.2 Å². The Hall–Kier alpha value is -0.980. The predicted molar refractivity (Wildman–Crippen MR) is 83.6 cm³/mol. The van der Waals surface area contributed by atoms with Gasteiger partial charge in [-0.25, -0.2) is 12.8 Å². The molecule has 0 radical (unpaired) electrons. The minimum Gasteiger partial charge on any atom is -0.298 e. The molecule has 0 aromatic heterocycles. The number of nitrogens with zero attached hydrogens (tertiary/aromatic N) is 2. The molecule has 0 spiro atoms. The monoisotopic (exact) mass is 326 g/mol.